The molecule has 0 aliphatic heterocycles. The number of benzene rings is 1. The summed E-state index contributed by atoms with van der Waals surface area (Å²) in [6.07, 6.45) is 0. The van der Waals surface area contributed by atoms with Gasteiger partial charge in [0.05, 0.1) is 22.8 Å². The predicted molar refractivity (Wildman–Crippen MR) is 72.6 cm³/mol. The SMILES string of the molecule is Cc1nn(CCN)c(C)c1S(=O)(=O)c1ccc(F)cc1. The van der Waals surface area contributed by atoms with Crippen molar-refractivity contribution in [1.29, 1.82) is 0 Å². The van der Waals surface area contributed by atoms with Gasteiger partial charge in [-0.3, -0.25) is 4.68 Å². The first-order valence-electron chi connectivity index (χ1n) is 6.12. The zero-order chi connectivity index (χ0) is 14.9. The van der Waals surface area contributed by atoms with E-state index >= 15 is 0 Å². The van der Waals surface area contributed by atoms with Gasteiger partial charge in [-0.1, -0.05) is 0 Å². The lowest BCUT2D eigenvalue weighted by molar-refractivity contribution is 0.589. The van der Waals surface area contributed by atoms with Gasteiger partial charge in [-0.15, -0.1) is 0 Å². The Morgan fingerprint density at radius 2 is 1.85 bits per heavy atom. The maximum absolute atomic E-state index is 12.9. The molecule has 2 rings (SSSR count). The van der Waals surface area contributed by atoms with Gasteiger partial charge in [-0.2, -0.15) is 5.10 Å². The first-order chi connectivity index (χ1) is 9.37. The van der Waals surface area contributed by atoms with Crippen LogP contribution in [0, 0.1) is 19.7 Å². The number of nitrogens with two attached hydrogens (primary N) is 1. The van der Waals surface area contributed by atoms with Crippen LogP contribution >= 0.6 is 0 Å². The Morgan fingerprint density at radius 1 is 1.25 bits per heavy atom. The number of aromatic nitrogens is 2. The lowest BCUT2D eigenvalue weighted by atomic mass is 10.3. The summed E-state index contributed by atoms with van der Waals surface area (Å²) in [5.41, 5.74) is 6.43. The highest BCUT2D eigenvalue weighted by Crippen LogP contribution is 2.26. The van der Waals surface area contributed by atoms with Crippen molar-refractivity contribution in [3.8, 4) is 0 Å². The van der Waals surface area contributed by atoms with Gasteiger partial charge in [0.1, 0.15) is 10.7 Å². The van der Waals surface area contributed by atoms with E-state index < -0.39 is 15.7 Å². The molecule has 0 bridgehead atoms. The van der Waals surface area contributed by atoms with Gasteiger partial charge >= 0.3 is 0 Å². The molecule has 108 valence electrons. The molecule has 1 aromatic carbocycles. The van der Waals surface area contributed by atoms with Gasteiger partial charge < -0.3 is 5.73 Å². The summed E-state index contributed by atoms with van der Waals surface area (Å²) >= 11 is 0. The van der Waals surface area contributed by atoms with Gasteiger partial charge in [0.25, 0.3) is 0 Å². The summed E-state index contributed by atoms with van der Waals surface area (Å²) in [7, 11) is -3.71. The molecule has 2 N–H and O–H groups in total. The number of rotatable bonds is 4. The third kappa shape index (κ3) is 2.46. The van der Waals surface area contributed by atoms with E-state index in [1.165, 1.54) is 12.1 Å². The number of aryl methyl sites for hydroxylation is 1. The van der Waals surface area contributed by atoms with Crippen molar-refractivity contribution in [1.82, 2.24) is 9.78 Å². The van der Waals surface area contributed by atoms with Gasteiger partial charge in [-0.25, -0.2) is 12.8 Å². The van der Waals surface area contributed by atoms with Crippen LogP contribution in [0.2, 0.25) is 0 Å². The molecule has 20 heavy (non-hydrogen) atoms. The summed E-state index contributed by atoms with van der Waals surface area (Å²) in [6, 6.07) is 4.76. The molecule has 0 fully saturated rings. The second-order valence-electron chi connectivity index (χ2n) is 4.47. The first-order valence-corrected chi connectivity index (χ1v) is 7.61. The van der Waals surface area contributed by atoms with Crippen molar-refractivity contribution in [3.05, 3.63) is 41.5 Å². The number of halogens is 1. The topological polar surface area (TPSA) is 78.0 Å². The van der Waals surface area contributed by atoms with Crippen LogP contribution in [0.25, 0.3) is 0 Å². The van der Waals surface area contributed by atoms with Crippen molar-refractivity contribution in [2.45, 2.75) is 30.2 Å². The Bertz CT molecular complexity index is 721. The average Bonchev–Trinajstić information content (AvgIpc) is 2.66. The van der Waals surface area contributed by atoms with Crippen molar-refractivity contribution in [3.63, 3.8) is 0 Å². The van der Waals surface area contributed by atoms with Gasteiger partial charge in [0.2, 0.25) is 9.84 Å². The molecular formula is C13H16FN3O2S. The minimum atomic E-state index is -3.71. The van der Waals surface area contributed by atoms with Crippen molar-refractivity contribution in [2.75, 3.05) is 6.54 Å². The highest BCUT2D eigenvalue weighted by Gasteiger charge is 2.26. The molecule has 0 saturated carbocycles. The van der Waals surface area contributed by atoms with E-state index in [2.05, 4.69) is 5.10 Å². The third-order valence-corrected chi connectivity index (χ3v) is 5.07. The Labute approximate surface area is 117 Å². The van der Waals surface area contributed by atoms with Gasteiger partial charge in [0, 0.05) is 6.54 Å². The fourth-order valence-corrected chi connectivity index (χ4v) is 3.80. The molecule has 1 heterocycles. The molecule has 0 amide bonds. The fourth-order valence-electron chi connectivity index (χ4n) is 2.14. The normalized spacial score (nSPS) is 11.8. The molecule has 0 aliphatic carbocycles. The Morgan fingerprint density at radius 3 is 2.40 bits per heavy atom. The average molecular weight is 297 g/mol. The van der Waals surface area contributed by atoms with Crippen LogP contribution < -0.4 is 5.73 Å². The standard InChI is InChI=1S/C13H16FN3O2S/c1-9-13(10(2)17(16-9)8-7-15)20(18,19)12-5-3-11(14)4-6-12/h3-6H,7-8,15H2,1-2H3. The molecule has 0 atom stereocenters. The number of nitrogens with zero attached hydrogens (tertiary/aromatic N) is 2. The molecule has 5 nitrogen and oxygen atoms in total. The monoisotopic (exact) mass is 297 g/mol. The molecule has 1 aromatic heterocycles. The summed E-state index contributed by atoms with van der Waals surface area (Å²) in [5.74, 6) is -0.476. The van der Waals surface area contributed by atoms with Crippen molar-refractivity contribution >= 4 is 9.84 Å². The number of sulfone groups is 1. The first kappa shape index (κ1) is 14.7. The van der Waals surface area contributed by atoms with E-state index in [1.54, 1.807) is 18.5 Å². The fraction of sp³-hybridized carbons (Fsp3) is 0.308. The number of hydrogen-bond donors (Lipinski definition) is 1. The molecule has 2 aromatic rings. The molecule has 0 unspecified atom stereocenters. The third-order valence-electron chi connectivity index (χ3n) is 3.05. The van der Waals surface area contributed by atoms with Crippen LogP contribution in [-0.4, -0.2) is 24.7 Å². The van der Waals surface area contributed by atoms with E-state index in [4.69, 9.17) is 5.73 Å². The molecule has 0 saturated heterocycles. The summed E-state index contributed by atoms with van der Waals surface area (Å²) < 4.78 is 39.7. The lowest BCUT2D eigenvalue weighted by Gasteiger charge is -2.06. The molecule has 7 heteroatoms. The quantitative estimate of drug-likeness (QED) is 0.866. The zero-order valence-corrected chi connectivity index (χ0v) is 12.1. The second-order valence-corrected chi connectivity index (χ2v) is 6.36. The van der Waals surface area contributed by atoms with E-state index in [9.17, 15) is 12.8 Å². The van der Waals surface area contributed by atoms with Gasteiger partial charge in [-0.05, 0) is 38.1 Å². The van der Waals surface area contributed by atoms with Crippen LogP contribution in [0.5, 0.6) is 0 Å². The zero-order valence-electron chi connectivity index (χ0n) is 11.3. The van der Waals surface area contributed by atoms with Crippen LogP contribution in [0.1, 0.15) is 11.4 Å². The van der Waals surface area contributed by atoms with Crippen molar-refractivity contribution < 1.29 is 12.8 Å². The molecule has 0 spiro atoms. The summed E-state index contributed by atoms with van der Waals surface area (Å²) in [5, 5.41) is 4.19. The van der Waals surface area contributed by atoms with Gasteiger partial charge in [0.15, 0.2) is 0 Å². The largest absolute Gasteiger partial charge is 0.329 e. The van der Waals surface area contributed by atoms with Crippen LogP contribution in [0.3, 0.4) is 0 Å². The van der Waals surface area contributed by atoms with Crippen LogP contribution in [0.15, 0.2) is 34.1 Å². The maximum atomic E-state index is 12.9. The van der Waals surface area contributed by atoms with Crippen molar-refractivity contribution in [2.24, 2.45) is 5.73 Å². The highest BCUT2D eigenvalue weighted by molar-refractivity contribution is 7.91. The minimum absolute atomic E-state index is 0.0531. The van der Waals surface area contributed by atoms with E-state index in [-0.39, 0.29) is 9.79 Å². The minimum Gasteiger partial charge on any atom is -0.329 e. The Kier molecular flexibility index (Phi) is 3.92. The highest BCUT2D eigenvalue weighted by atomic mass is 32.2. The Balaban J connectivity index is 2.57. The Hall–Kier alpha value is -1.73. The van der Waals surface area contributed by atoms with Crippen LogP contribution in [0.4, 0.5) is 4.39 Å². The van der Waals surface area contributed by atoms with E-state index in [1.807, 2.05) is 0 Å². The lowest BCUT2D eigenvalue weighted by Crippen LogP contribution is -2.13. The van der Waals surface area contributed by atoms with E-state index in [0.29, 0.717) is 24.5 Å². The predicted octanol–water partition coefficient (Wildman–Crippen LogP) is 1.43. The molecule has 0 aliphatic rings. The number of hydrogen-bond acceptors (Lipinski definition) is 4. The van der Waals surface area contributed by atoms with E-state index in [0.717, 1.165) is 12.1 Å². The smallest absolute Gasteiger partial charge is 0.210 e. The molecule has 0 radical (unpaired) electrons. The summed E-state index contributed by atoms with van der Waals surface area (Å²) in [6.45, 7) is 4.14. The summed E-state index contributed by atoms with van der Waals surface area (Å²) in [4.78, 5) is 0.218. The second kappa shape index (κ2) is 5.34. The molecular weight excluding hydrogens is 281 g/mol. The van der Waals surface area contributed by atoms with Crippen LogP contribution in [-0.2, 0) is 16.4 Å². The maximum Gasteiger partial charge on any atom is 0.210 e.